The Morgan fingerprint density at radius 1 is 1.11 bits per heavy atom. The number of benzene rings is 2. The lowest BCUT2D eigenvalue weighted by molar-refractivity contribution is -0.153. The number of anilines is 1. The van der Waals surface area contributed by atoms with E-state index in [1.807, 2.05) is 30.3 Å². The van der Waals surface area contributed by atoms with Crippen molar-refractivity contribution in [1.82, 2.24) is 4.98 Å². The van der Waals surface area contributed by atoms with Crippen LogP contribution in [0.4, 0.5) is 18.9 Å². The van der Waals surface area contributed by atoms with Crippen LogP contribution in [-0.2, 0) is 11.2 Å². The lowest BCUT2D eigenvalue weighted by Crippen LogP contribution is -2.19. The fraction of sp³-hybridized carbons (Fsp3) is 0.158. The highest BCUT2D eigenvalue weighted by atomic mass is 19.4. The highest BCUT2D eigenvalue weighted by Crippen LogP contribution is 2.22. The summed E-state index contributed by atoms with van der Waals surface area (Å²) in [5.74, 6) is 0.0368. The predicted molar refractivity (Wildman–Crippen MR) is 92.3 cm³/mol. The molecule has 0 spiro atoms. The molecule has 140 valence electrons. The first-order valence-electron chi connectivity index (χ1n) is 7.98. The van der Waals surface area contributed by atoms with E-state index in [1.54, 1.807) is 6.07 Å². The number of nitrogens with one attached hydrogen (secondary N) is 1. The first kappa shape index (κ1) is 18.5. The highest BCUT2D eigenvalue weighted by Gasteiger charge is 2.28. The summed E-state index contributed by atoms with van der Waals surface area (Å²) < 4.78 is 46.7. The van der Waals surface area contributed by atoms with E-state index in [4.69, 9.17) is 4.42 Å². The molecule has 8 heteroatoms. The Labute approximate surface area is 152 Å². The second-order valence-electron chi connectivity index (χ2n) is 5.67. The standard InChI is InChI=1S/C19H15F3N2O3/c20-19(21,22)12-27-16-8-4-7-14(9-16)23-17(25)10-15-11-26-18(24-15)13-5-2-1-3-6-13/h1-9,11H,10,12H2,(H,23,25). The van der Waals surface area contributed by atoms with Gasteiger partial charge < -0.3 is 14.5 Å². The molecule has 0 atom stereocenters. The fourth-order valence-corrected chi connectivity index (χ4v) is 2.30. The minimum absolute atomic E-state index is 0.0120. The van der Waals surface area contributed by atoms with E-state index in [1.165, 1.54) is 24.5 Å². The van der Waals surface area contributed by atoms with Crippen LogP contribution >= 0.6 is 0 Å². The second kappa shape index (κ2) is 7.94. The molecule has 0 bridgehead atoms. The smallest absolute Gasteiger partial charge is 0.422 e. The lowest BCUT2D eigenvalue weighted by atomic mass is 10.2. The van der Waals surface area contributed by atoms with Crippen LogP contribution in [0.2, 0.25) is 0 Å². The quantitative estimate of drug-likeness (QED) is 0.690. The molecule has 0 unspecified atom stereocenters. The third kappa shape index (κ3) is 5.60. The number of aromatic nitrogens is 1. The van der Waals surface area contributed by atoms with Crippen molar-refractivity contribution in [3.63, 3.8) is 0 Å². The van der Waals surface area contributed by atoms with Gasteiger partial charge in [0.05, 0.1) is 12.1 Å². The maximum absolute atomic E-state index is 12.2. The summed E-state index contributed by atoms with van der Waals surface area (Å²) in [5.41, 5.74) is 1.56. The number of oxazole rings is 1. The number of carbonyl (C=O) groups excluding carboxylic acids is 1. The van der Waals surface area contributed by atoms with Gasteiger partial charge in [-0.25, -0.2) is 4.98 Å². The molecule has 1 aromatic heterocycles. The number of nitrogens with zero attached hydrogens (tertiary/aromatic N) is 1. The summed E-state index contributed by atoms with van der Waals surface area (Å²) in [6, 6.07) is 15.0. The number of halogens is 3. The van der Waals surface area contributed by atoms with Crippen molar-refractivity contribution in [1.29, 1.82) is 0 Å². The molecule has 0 aliphatic carbocycles. The van der Waals surface area contributed by atoms with Crippen molar-refractivity contribution in [2.75, 3.05) is 11.9 Å². The summed E-state index contributed by atoms with van der Waals surface area (Å²) in [6.45, 7) is -1.40. The highest BCUT2D eigenvalue weighted by molar-refractivity contribution is 5.92. The molecular formula is C19H15F3N2O3. The van der Waals surface area contributed by atoms with E-state index in [0.717, 1.165) is 5.56 Å². The van der Waals surface area contributed by atoms with Crippen LogP contribution in [-0.4, -0.2) is 23.7 Å². The summed E-state index contributed by atoms with van der Waals surface area (Å²) in [5, 5.41) is 2.60. The van der Waals surface area contributed by atoms with Gasteiger partial charge in [0.2, 0.25) is 11.8 Å². The molecule has 27 heavy (non-hydrogen) atoms. The Morgan fingerprint density at radius 2 is 1.89 bits per heavy atom. The Balaban J connectivity index is 1.59. The summed E-state index contributed by atoms with van der Waals surface area (Å²) in [7, 11) is 0. The number of amides is 1. The van der Waals surface area contributed by atoms with Crippen LogP contribution in [0.3, 0.4) is 0 Å². The van der Waals surface area contributed by atoms with E-state index in [2.05, 4.69) is 15.0 Å². The minimum atomic E-state index is -4.43. The molecule has 2 aromatic carbocycles. The van der Waals surface area contributed by atoms with Crippen LogP contribution in [0.15, 0.2) is 65.3 Å². The SMILES string of the molecule is O=C(Cc1coc(-c2ccccc2)n1)Nc1cccc(OCC(F)(F)F)c1. The van der Waals surface area contributed by atoms with Gasteiger partial charge in [0.1, 0.15) is 12.0 Å². The Kier molecular flexibility index (Phi) is 5.44. The average Bonchev–Trinajstić information content (AvgIpc) is 3.09. The monoisotopic (exact) mass is 376 g/mol. The largest absolute Gasteiger partial charge is 0.484 e. The maximum atomic E-state index is 12.2. The summed E-state index contributed by atoms with van der Waals surface area (Å²) in [4.78, 5) is 16.4. The van der Waals surface area contributed by atoms with Gasteiger partial charge in [-0.05, 0) is 24.3 Å². The number of hydrogen-bond acceptors (Lipinski definition) is 4. The minimum Gasteiger partial charge on any atom is -0.484 e. The molecule has 1 amide bonds. The Hall–Kier alpha value is -3.29. The zero-order chi connectivity index (χ0) is 19.3. The second-order valence-corrected chi connectivity index (χ2v) is 5.67. The number of carbonyl (C=O) groups is 1. The fourth-order valence-electron chi connectivity index (χ4n) is 2.30. The molecule has 3 aromatic rings. The molecule has 0 fully saturated rings. The zero-order valence-electron chi connectivity index (χ0n) is 14.0. The van der Waals surface area contributed by atoms with Crippen LogP contribution in [0.25, 0.3) is 11.5 Å². The van der Waals surface area contributed by atoms with Gasteiger partial charge in [-0.15, -0.1) is 0 Å². The van der Waals surface area contributed by atoms with Gasteiger partial charge in [0.25, 0.3) is 0 Å². The number of rotatable bonds is 6. The Bertz CT molecular complexity index is 908. The first-order valence-corrected chi connectivity index (χ1v) is 7.98. The van der Waals surface area contributed by atoms with E-state index in [0.29, 0.717) is 17.3 Å². The van der Waals surface area contributed by atoms with Crippen LogP contribution in [0, 0.1) is 0 Å². The summed E-state index contributed by atoms with van der Waals surface area (Å²) >= 11 is 0. The van der Waals surface area contributed by atoms with Crippen molar-refractivity contribution in [3.8, 4) is 17.2 Å². The van der Waals surface area contributed by atoms with Crippen LogP contribution in [0.1, 0.15) is 5.69 Å². The molecule has 3 rings (SSSR count). The van der Waals surface area contributed by atoms with E-state index < -0.39 is 12.8 Å². The molecular weight excluding hydrogens is 361 g/mol. The third-order valence-corrected chi connectivity index (χ3v) is 3.43. The van der Waals surface area contributed by atoms with Crippen molar-refractivity contribution in [3.05, 3.63) is 66.6 Å². The number of hydrogen-bond donors (Lipinski definition) is 1. The molecule has 0 aliphatic heterocycles. The van der Waals surface area contributed by atoms with Crippen molar-refractivity contribution < 1.29 is 27.1 Å². The predicted octanol–water partition coefficient (Wildman–Crippen LogP) is 4.46. The maximum Gasteiger partial charge on any atom is 0.422 e. The Morgan fingerprint density at radius 3 is 2.63 bits per heavy atom. The van der Waals surface area contributed by atoms with Crippen molar-refractivity contribution in [2.24, 2.45) is 0 Å². The van der Waals surface area contributed by atoms with Crippen LogP contribution in [0.5, 0.6) is 5.75 Å². The van der Waals surface area contributed by atoms with E-state index in [9.17, 15) is 18.0 Å². The molecule has 0 saturated heterocycles. The average molecular weight is 376 g/mol. The van der Waals surface area contributed by atoms with Gasteiger partial charge in [0.15, 0.2) is 6.61 Å². The van der Waals surface area contributed by atoms with Crippen molar-refractivity contribution >= 4 is 11.6 Å². The zero-order valence-corrected chi connectivity index (χ0v) is 14.0. The third-order valence-electron chi connectivity index (χ3n) is 3.43. The van der Waals surface area contributed by atoms with Gasteiger partial charge in [0, 0.05) is 17.3 Å². The van der Waals surface area contributed by atoms with Gasteiger partial charge in [-0.1, -0.05) is 24.3 Å². The van der Waals surface area contributed by atoms with Gasteiger partial charge >= 0.3 is 6.18 Å². The molecule has 0 aliphatic rings. The molecule has 0 radical (unpaired) electrons. The normalized spacial score (nSPS) is 11.2. The molecule has 1 N–H and O–H groups in total. The van der Waals surface area contributed by atoms with Gasteiger partial charge in [-0.3, -0.25) is 4.79 Å². The molecule has 5 nitrogen and oxygen atoms in total. The van der Waals surface area contributed by atoms with E-state index in [-0.39, 0.29) is 18.1 Å². The number of alkyl halides is 3. The first-order chi connectivity index (χ1) is 12.9. The molecule has 0 saturated carbocycles. The molecule has 1 heterocycles. The number of ether oxygens (including phenoxy) is 1. The lowest BCUT2D eigenvalue weighted by Gasteiger charge is -2.10. The van der Waals surface area contributed by atoms with Crippen molar-refractivity contribution in [2.45, 2.75) is 12.6 Å². The van der Waals surface area contributed by atoms with Gasteiger partial charge in [-0.2, -0.15) is 13.2 Å². The van der Waals surface area contributed by atoms with Crippen LogP contribution < -0.4 is 10.1 Å². The topological polar surface area (TPSA) is 64.4 Å². The summed E-state index contributed by atoms with van der Waals surface area (Å²) in [6.07, 6.45) is -3.07. The van der Waals surface area contributed by atoms with E-state index >= 15 is 0 Å².